The van der Waals surface area contributed by atoms with Gasteiger partial charge in [-0.3, -0.25) is 10.1 Å². The van der Waals surface area contributed by atoms with Crippen molar-refractivity contribution in [2.45, 2.75) is 47.0 Å². The van der Waals surface area contributed by atoms with Crippen molar-refractivity contribution in [2.75, 3.05) is 25.1 Å². The Hall–Kier alpha value is -2.83. The zero-order valence-corrected chi connectivity index (χ0v) is 21.0. The van der Waals surface area contributed by atoms with Crippen LogP contribution in [0.5, 0.6) is 17.2 Å². The Morgan fingerprint density at radius 2 is 1.82 bits per heavy atom. The van der Waals surface area contributed by atoms with Crippen LogP contribution in [0.2, 0.25) is 0 Å². The average molecular weight is 488 g/mol. The molecule has 1 aromatic heterocycles. The number of anilines is 1. The van der Waals surface area contributed by atoms with Crippen LogP contribution in [-0.2, 0) is 12.8 Å². The van der Waals surface area contributed by atoms with E-state index in [9.17, 15) is 10.1 Å². The fraction of sp³-hybridized carbons (Fsp3) is 0.458. The SMILES string of the molecule is CCOc1cc(C(=O)NC(=S)Nc2sc3c(c2C#N)CC[C@H](C)C3)cc(OCC)c1OCC. The lowest BCUT2D eigenvalue weighted by molar-refractivity contribution is 0.0976. The molecule has 0 saturated carbocycles. The van der Waals surface area contributed by atoms with Crippen LogP contribution in [0.25, 0.3) is 0 Å². The van der Waals surface area contributed by atoms with Crippen LogP contribution in [0.3, 0.4) is 0 Å². The molecule has 0 bridgehead atoms. The van der Waals surface area contributed by atoms with E-state index in [2.05, 4.69) is 23.6 Å². The summed E-state index contributed by atoms with van der Waals surface area (Å²) in [5.41, 5.74) is 2.05. The van der Waals surface area contributed by atoms with E-state index in [0.717, 1.165) is 24.8 Å². The summed E-state index contributed by atoms with van der Waals surface area (Å²) in [5.74, 6) is 1.52. The second-order valence-corrected chi connectivity index (χ2v) is 9.19. The van der Waals surface area contributed by atoms with Gasteiger partial charge in [0.15, 0.2) is 16.6 Å². The number of nitrogens with one attached hydrogen (secondary N) is 2. The maximum Gasteiger partial charge on any atom is 0.257 e. The van der Waals surface area contributed by atoms with Gasteiger partial charge in [-0.05, 0) is 75.9 Å². The van der Waals surface area contributed by atoms with Gasteiger partial charge in [-0.1, -0.05) is 6.92 Å². The lowest BCUT2D eigenvalue weighted by atomic mass is 9.89. The fourth-order valence-electron chi connectivity index (χ4n) is 3.79. The van der Waals surface area contributed by atoms with E-state index in [1.807, 2.05) is 20.8 Å². The van der Waals surface area contributed by atoms with Crippen molar-refractivity contribution in [3.8, 4) is 23.3 Å². The van der Waals surface area contributed by atoms with Gasteiger partial charge >= 0.3 is 0 Å². The molecule has 3 rings (SSSR count). The summed E-state index contributed by atoms with van der Waals surface area (Å²) in [6.07, 6.45) is 2.92. The highest BCUT2D eigenvalue weighted by atomic mass is 32.1. The number of nitriles is 1. The molecular formula is C24H29N3O4S2. The van der Waals surface area contributed by atoms with Crippen molar-refractivity contribution in [1.82, 2.24) is 5.32 Å². The first kappa shape index (κ1) is 24.8. The highest BCUT2D eigenvalue weighted by molar-refractivity contribution is 7.80. The number of nitrogens with zero attached hydrogens (tertiary/aromatic N) is 1. The van der Waals surface area contributed by atoms with Crippen molar-refractivity contribution in [3.05, 3.63) is 33.7 Å². The zero-order chi connectivity index (χ0) is 24.0. The van der Waals surface area contributed by atoms with Crippen molar-refractivity contribution < 1.29 is 19.0 Å². The van der Waals surface area contributed by atoms with Crippen molar-refractivity contribution in [1.29, 1.82) is 5.26 Å². The van der Waals surface area contributed by atoms with Gasteiger partial charge in [-0.25, -0.2) is 0 Å². The molecule has 1 aliphatic carbocycles. The zero-order valence-electron chi connectivity index (χ0n) is 19.4. The van der Waals surface area contributed by atoms with Gasteiger partial charge in [0.05, 0.1) is 25.4 Å². The second kappa shape index (κ2) is 11.3. The lowest BCUT2D eigenvalue weighted by Gasteiger charge is -2.17. The van der Waals surface area contributed by atoms with Crippen molar-refractivity contribution in [2.24, 2.45) is 5.92 Å². The topological polar surface area (TPSA) is 92.6 Å². The summed E-state index contributed by atoms with van der Waals surface area (Å²) in [6, 6.07) is 5.52. The van der Waals surface area contributed by atoms with Crippen LogP contribution < -0.4 is 24.8 Å². The van der Waals surface area contributed by atoms with E-state index in [4.69, 9.17) is 26.4 Å². The maximum absolute atomic E-state index is 13.0. The molecule has 2 N–H and O–H groups in total. The van der Waals surface area contributed by atoms with E-state index < -0.39 is 5.91 Å². The Labute approximate surface area is 204 Å². The number of rotatable bonds is 8. The molecule has 1 aromatic carbocycles. The monoisotopic (exact) mass is 487 g/mol. The Morgan fingerprint density at radius 1 is 1.18 bits per heavy atom. The number of carbonyl (C=O) groups is 1. The van der Waals surface area contributed by atoms with Gasteiger partial charge in [0.2, 0.25) is 5.75 Å². The maximum atomic E-state index is 13.0. The number of amides is 1. The molecule has 0 unspecified atom stereocenters. The molecule has 2 aromatic rings. The smallest absolute Gasteiger partial charge is 0.257 e. The van der Waals surface area contributed by atoms with Gasteiger partial charge < -0.3 is 19.5 Å². The number of carbonyl (C=O) groups excluding carboxylic acids is 1. The van der Waals surface area contributed by atoms with E-state index in [-0.39, 0.29) is 5.11 Å². The number of thiophene rings is 1. The fourth-order valence-corrected chi connectivity index (χ4v) is 5.41. The number of hydrogen-bond donors (Lipinski definition) is 2. The molecule has 1 heterocycles. The first-order valence-corrected chi connectivity index (χ1v) is 12.4. The van der Waals surface area contributed by atoms with Crippen LogP contribution in [0.15, 0.2) is 12.1 Å². The van der Waals surface area contributed by atoms with E-state index in [1.54, 1.807) is 12.1 Å². The van der Waals surface area contributed by atoms with Gasteiger partial charge in [0.25, 0.3) is 5.91 Å². The molecule has 0 radical (unpaired) electrons. The number of ether oxygens (including phenoxy) is 3. The largest absolute Gasteiger partial charge is 0.490 e. The molecule has 0 fully saturated rings. The summed E-state index contributed by atoms with van der Waals surface area (Å²) in [4.78, 5) is 14.2. The molecule has 33 heavy (non-hydrogen) atoms. The standard InChI is InChI=1S/C24H29N3O4S2/c1-5-29-18-11-15(12-19(30-6-2)21(18)31-7-3)22(28)26-24(32)27-23-17(13-25)16-9-8-14(4)10-20(16)33-23/h11-12,14H,5-10H2,1-4H3,(H2,26,27,28,32)/t14-/m0/s1. The van der Waals surface area contributed by atoms with Crippen LogP contribution in [0.1, 0.15) is 60.5 Å². The van der Waals surface area contributed by atoms with Crippen molar-refractivity contribution in [3.63, 3.8) is 0 Å². The Morgan fingerprint density at radius 3 is 2.39 bits per heavy atom. The molecule has 0 spiro atoms. The van der Waals surface area contributed by atoms with Crippen molar-refractivity contribution >= 4 is 39.6 Å². The lowest BCUT2D eigenvalue weighted by Crippen LogP contribution is -2.34. The predicted octanol–water partition coefficient (Wildman–Crippen LogP) is 5.07. The predicted molar refractivity (Wildman–Crippen MR) is 134 cm³/mol. The van der Waals surface area contributed by atoms with Crippen LogP contribution in [-0.4, -0.2) is 30.8 Å². The van der Waals surface area contributed by atoms with Gasteiger partial charge in [0, 0.05) is 10.4 Å². The summed E-state index contributed by atoms with van der Waals surface area (Å²) in [6.45, 7) is 9.06. The normalized spacial score (nSPS) is 14.6. The highest BCUT2D eigenvalue weighted by Gasteiger charge is 2.25. The summed E-state index contributed by atoms with van der Waals surface area (Å²) in [7, 11) is 0. The third kappa shape index (κ3) is 5.75. The van der Waals surface area contributed by atoms with Gasteiger partial charge in [0.1, 0.15) is 11.1 Å². The minimum atomic E-state index is -0.411. The third-order valence-electron chi connectivity index (χ3n) is 5.25. The molecule has 7 nitrogen and oxygen atoms in total. The molecule has 0 saturated heterocycles. The molecular weight excluding hydrogens is 458 g/mol. The Kier molecular flexibility index (Phi) is 8.53. The number of fused-ring (bicyclic) bond motifs is 1. The summed E-state index contributed by atoms with van der Waals surface area (Å²) in [5, 5.41) is 16.2. The Balaban J connectivity index is 1.80. The number of thiocarbonyl (C=S) groups is 1. The minimum absolute atomic E-state index is 0.132. The van der Waals surface area contributed by atoms with E-state index >= 15 is 0 Å². The van der Waals surface area contributed by atoms with E-state index in [0.29, 0.717) is 59.1 Å². The first-order chi connectivity index (χ1) is 15.9. The van der Waals surface area contributed by atoms with Gasteiger partial charge in [-0.15, -0.1) is 11.3 Å². The van der Waals surface area contributed by atoms with Crippen LogP contribution in [0, 0.1) is 17.2 Å². The molecule has 176 valence electrons. The molecule has 9 heteroatoms. The summed E-state index contributed by atoms with van der Waals surface area (Å²) < 4.78 is 17.1. The molecule has 1 atom stereocenters. The summed E-state index contributed by atoms with van der Waals surface area (Å²) >= 11 is 6.92. The van der Waals surface area contributed by atoms with Crippen LogP contribution >= 0.6 is 23.6 Å². The minimum Gasteiger partial charge on any atom is -0.490 e. The average Bonchev–Trinajstić information content (AvgIpc) is 3.11. The van der Waals surface area contributed by atoms with Gasteiger partial charge in [-0.2, -0.15) is 5.26 Å². The first-order valence-electron chi connectivity index (χ1n) is 11.1. The Bertz CT molecular complexity index is 1050. The second-order valence-electron chi connectivity index (χ2n) is 7.68. The quantitative estimate of drug-likeness (QED) is 0.502. The number of benzene rings is 1. The highest BCUT2D eigenvalue weighted by Crippen LogP contribution is 2.40. The van der Waals surface area contributed by atoms with E-state index in [1.165, 1.54) is 16.2 Å². The molecule has 1 aliphatic rings. The third-order valence-corrected chi connectivity index (χ3v) is 6.62. The molecule has 0 aliphatic heterocycles. The number of hydrogen-bond acceptors (Lipinski definition) is 7. The van der Waals surface area contributed by atoms with Crippen LogP contribution in [0.4, 0.5) is 5.00 Å². The molecule has 1 amide bonds.